The molecule has 4 aromatic carbocycles. The van der Waals surface area contributed by atoms with Crippen LogP contribution < -0.4 is 14.4 Å². The van der Waals surface area contributed by atoms with Crippen LogP contribution in [0.15, 0.2) is 102 Å². The molecule has 0 spiro atoms. The van der Waals surface area contributed by atoms with Crippen molar-refractivity contribution >= 4 is 39.1 Å². The van der Waals surface area contributed by atoms with E-state index in [9.17, 15) is 18.0 Å². The number of nitrogens with one attached hydrogen (secondary N) is 1. The van der Waals surface area contributed by atoms with Gasteiger partial charge in [0.15, 0.2) is 0 Å². The number of sulfonamides is 1. The van der Waals surface area contributed by atoms with Crippen LogP contribution in [0, 0.1) is 13.8 Å². The summed E-state index contributed by atoms with van der Waals surface area (Å²) in [4.78, 5) is 30.0. The van der Waals surface area contributed by atoms with E-state index >= 15 is 0 Å². The van der Waals surface area contributed by atoms with Crippen LogP contribution >= 0.6 is 11.6 Å². The fraction of sp³-hybridized carbons (Fsp3) is 0.297. The third kappa shape index (κ3) is 9.36. The van der Waals surface area contributed by atoms with Gasteiger partial charge in [0.05, 0.1) is 17.7 Å². The first-order valence-electron chi connectivity index (χ1n) is 15.6. The van der Waals surface area contributed by atoms with E-state index in [-0.39, 0.29) is 23.8 Å². The molecule has 0 radical (unpaired) electrons. The van der Waals surface area contributed by atoms with Crippen LogP contribution in [-0.4, -0.2) is 51.4 Å². The molecule has 0 aromatic heterocycles. The standard InChI is InChI=1S/C37H42ClN3O5S/c1-5-6-21-39-37(43)35(24-29-11-8-7-9-12-29)40(25-30-13-10-14-33(23-30)46-4)36(42)26-41(32-18-15-27(2)28(3)22-32)47(44,45)34-19-16-31(38)17-20-34/h7-20,22-23,35H,5-6,21,24-26H2,1-4H3,(H,39,43). The Hall–Kier alpha value is -4.34. The van der Waals surface area contributed by atoms with Gasteiger partial charge < -0.3 is 15.0 Å². The number of carbonyl (C=O) groups is 2. The second kappa shape index (κ2) is 16.5. The van der Waals surface area contributed by atoms with Crippen molar-refractivity contribution in [2.24, 2.45) is 0 Å². The number of halogens is 1. The molecule has 0 aliphatic heterocycles. The first kappa shape index (κ1) is 35.5. The number of hydrogen-bond donors (Lipinski definition) is 1. The molecule has 4 aromatic rings. The van der Waals surface area contributed by atoms with Crippen LogP contribution in [0.25, 0.3) is 0 Å². The zero-order valence-electron chi connectivity index (χ0n) is 27.3. The zero-order chi connectivity index (χ0) is 34.0. The van der Waals surface area contributed by atoms with Gasteiger partial charge in [-0.15, -0.1) is 0 Å². The molecule has 0 aliphatic rings. The van der Waals surface area contributed by atoms with Gasteiger partial charge in [0.25, 0.3) is 10.0 Å². The quantitative estimate of drug-likeness (QED) is 0.141. The molecular weight excluding hydrogens is 634 g/mol. The summed E-state index contributed by atoms with van der Waals surface area (Å²) < 4.78 is 35.0. The maximum atomic E-state index is 14.6. The Morgan fingerprint density at radius 2 is 1.57 bits per heavy atom. The largest absolute Gasteiger partial charge is 0.497 e. The minimum Gasteiger partial charge on any atom is -0.497 e. The highest BCUT2D eigenvalue weighted by Crippen LogP contribution is 2.28. The van der Waals surface area contributed by atoms with E-state index in [1.807, 2.05) is 69.3 Å². The SMILES string of the molecule is CCCCNC(=O)C(Cc1ccccc1)N(Cc1cccc(OC)c1)C(=O)CN(c1ccc(C)c(C)c1)S(=O)(=O)c1ccc(Cl)cc1. The second-order valence-corrected chi connectivity index (χ2v) is 13.8. The molecular formula is C37H42ClN3O5S. The average molecular weight is 676 g/mol. The fourth-order valence-corrected chi connectivity index (χ4v) is 6.70. The van der Waals surface area contributed by atoms with Crippen LogP contribution in [0.5, 0.6) is 5.75 Å². The number of ether oxygens (including phenoxy) is 1. The van der Waals surface area contributed by atoms with Gasteiger partial charge in [-0.1, -0.05) is 73.5 Å². The number of hydrogen-bond acceptors (Lipinski definition) is 5. The third-order valence-electron chi connectivity index (χ3n) is 8.05. The number of methoxy groups -OCH3 is 1. The Morgan fingerprint density at radius 1 is 0.872 bits per heavy atom. The van der Waals surface area contributed by atoms with Crippen molar-refractivity contribution in [2.45, 2.75) is 57.5 Å². The first-order valence-corrected chi connectivity index (χ1v) is 17.4. The number of benzene rings is 4. The Morgan fingerprint density at radius 3 is 2.23 bits per heavy atom. The Kier molecular flexibility index (Phi) is 12.4. The van der Waals surface area contributed by atoms with E-state index < -0.39 is 28.5 Å². The van der Waals surface area contributed by atoms with Crippen LogP contribution in [0.3, 0.4) is 0 Å². The smallest absolute Gasteiger partial charge is 0.264 e. The van der Waals surface area contributed by atoms with Gasteiger partial charge in [-0.25, -0.2) is 8.42 Å². The summed E-state index contributed by atoms with van der Waals surface area (Å²) in [7, 11) is -2.67. The number of aryl methyl sites for hydroxylation is 2. The lowest BCUT2D eigenvalue weighted by atomic mass is 10.0. The summed E-state index contributed by atoms with van der Waals surface area (Å²) in [5, 5.41) is 3.39. The monoisotopic (exact) mass is 675 g/mol. The number of nitrogens with zero attached hydrogens (tertiary/aromatic N) is 2. The van der Waals surface area contributed by atoms with Gasteiger partial charge in [-0.05, 0) is 91.1 Å². The molecule has 4 rings (SSSR count). The van der Waals surface area contributed by atoms with Gasteiger partial charge in [-0.2, -0.15) is 0 Å². The molecule has 0 bridgehead atoms. The van der Waals surface area contributed by atoms with Gasteiger partial charge in [0.1, 0.15) is 18.3 Å². The minimum absolute atomic E-state index is 0.00887. The van der Waals surface area contributed by atoms with Crippen molar-refractivity contribution in [3.63, 3.8) is 0 Å². The molecule has 8 nitrogen and oxygen atoms in total. The van der Waals surface area contributed by atoms with Crippen LogP contribution in [0.1, 0.15) is 42.0 Å². The molecule has 2 amide bonds. The molecule has 0 saturated carbocycles. The summed E-state index contributed by atoms with van der Waals surface area (Å²) in [6, 6.07) is 26.9. The number of rotatable bonds is 15. The second-order valence-electron chi connectivity index (χ2n) is 11.5. The highest BCUT2D eigenvalue weighted by atomic mass is 35.5. The summed E-state index contributed by atoms with van der Waals surface area (Å²) in [5.41, 5.74) is 3.79. The van der Waals surface area contributed by atoms with Gasteiger partial charge >= 0.3 is 0 Å². The topological polar surface area (TPSA) is 96.0 Å². The molecule has 10 heteroatoms. The van der Waals surface area contributed by atoms with Gasteiger partial charge in [0.2, 0.25) is 11.8 Å². The van der Waals surface area contributed by atoms with Crippen LogP contribution in [-0.2, 0) is 32.6 Å². The van der Waals surface area contributed by atoms with E-state index in [1.165, 1.54) is 29.2 Å². The van der Waals surface area contributed by atoms with E-state index in [2.05, 4.69) is 5.32 Å². The predicted molar refractivity (Wildman–Crippen MR) is 187 cm³/mol. The normalized spacial score (nSPS) is 11.9. The van der Waals surface area contributed by atoms with Crippen molar-refractivity contribution in [3.8, 4) is 5.75 Å². The lowest BCUT2D eigenvalue weighted by Gasteiger charge is -2.34. The number of unbranched alkanes of at least 4 members (excludes halogenated alkanes) is 1. The Bertz CT molecular complexity index is 1760. The minimum atomic E-state index is -4.23. The molecule has 1 N–H and O–H groups in total. The predicted octanol–water partition coefficient (Wildman–Crippen LogP) is 6.72. The van der Waals surface area contributed by atoms with Crippen molar-refractivity contribution in [1.82, 2.24) is 10.2 Å². The van der Waals surface area contributed by atoms with Crippen molar-refractivity contribution in [1.29, 1.82) is 0 Å². The Balaban J connectivity index is 1.82. The van der Waals surface area contributed by atoms with Gasteiger partial charge in [0, 0.05) is 24.5 Å². The lowest BCUT2D eigenvalue weighted by Crippen LogP contribution is -2.53. The maximum Gasteiger partial charge on any atom is 0.264 e. The highest BCUT2D eigenvalue weighted by molar-refractivity contribution is 7.92. The molecule has 248 valence electrons. The molecule has 1 atom stereocenters. The van der Waals surface area contributed by atoms with Crippen LogP contribution in [0.2, 0.25) is 5.02 Å². The average Bonchev–Trinajstić information content (AvgIpc) is 3.07. The van der Waals surface area contributed by atoms with Crippen LogP contribution in [0.4, 0.5) is 5.69 Å². The highest BCUT2D eigenvalue weighted by Gasteiger charge is 2.34. The molecule has 0 aliphatic carbocycles. The lowest BCUT2D eigenvalue weighted by molar-refractivity contribution is -0.140. The van der Waals surface area contributed by atoms with Crippen molar-refractivity contribution < 1.29 is 22.7 Å². The summed E-state index contributed by atoms with van der Waals surface area (Å²) in [6.45, 7) is 5.83. The molecule has 47 heavy (non-hydrogen) atoms. The van der Waals surface area contributed by atoms with E-state index in [0.717, 1.165) is 39.4 Å². The molecule has 1 unspecified atom stereocenters. The zero-order valence-corrected chi connectivity index (χ0v) is 28.9. The number of carbonyl (C=O) groups excluding carboxylic acids is 2. The van der Waals surface area contributed by atoms with E-state index in [1.54, 1.807) is 31.4 Å². The summed E-state index contributed by atoms with van der Waals surface area (Å²) >= 11 is 6.08. The maximum absolute atomic E-state index is 14.6. The third-order valence-corrected chi connectivity index (χ3v) is 10.1. The van der Waals surface area contributed by atoms with E-state index in [4.69, 9.17) is 16.3 Å². The fourth-order valence-electron chi connectivity index (χ4n) is 5.17. The first-order chi connectivity index (χ1) is 22.5. The van der Waals surface area contributed by atoms with Gasteiger partial charge in [-0.3, -0.25) is 13.9 Å². The number of anilines is 1. The molecule has 0 saturated heterocycles. The molecule has 0 heterocycles. The van der Waals surface area contributed by atoms with Crippen molar-refractivity contribution in [3.05, 3.63) is 124 Å². The van der Waals surface area contributed by atoms with E-state index in [0.29, 0.717) is 23.0 Å². The summed E-state index contributed by atoms with van der Waals surface area (Å²) in [6.07, 6.45) is 1.92. The Labute approximate surface area is 283 Å². The van der Waals surface area contributed by atoms with Crippen molar-refractivity contribution in [2.75, 3.05) is 24.5 Å². The summed E-state index contributed by atoms with van der Waals surface area (Å²) in [5.74, 6) is -0.240. The number of amides is 2. The molecule has 0 fully saturated rings.